The first kappa shape index (κ1) is 45.2. The molecule has 0 bridgehead atoms. The molecule has 0 fully saturated rings. The van der Waals surface area contributed by atoms with E-state index in [9.17, 15) is 10.5 Å². The van der Waals surface area contributed by atoms with Crippen LogP contribution < -0.4 is 0 Å². The van der Waals surface area contributed by atoms with Crippen LogP contribution >= 0.6 is 22.7 Å². The van der Waals surface area contributed by atoms with Gasteiger partial charge in [0.05, 0.1) is 71.6 Å². The molecule has 0 radical (unpaired) electrons. The third-order valence-corrected chi connectivity index (χ3v) is 19.6. The van der Waals surface area contributed by atoms with Gasteiger partial charge in [0.15, 0.2) is 0 Å². The van der Waals surface area contributed by atoms with Gasteiger partial charge in [0.25, 0.3) is 0 Å². The summed E-state index contributed by atoms with van der Waals surface area (Å²) in [6.45, 7) is 0. The normalized spacial score (nSPS) is 12.1. The summed E-state index contributed by atoms with van der Waals surface area (Å²) >= 11 is 3.62. The van der Waals surface area contributed by atoms with Crippen molar-refractivity contribution in [2.75, 3.05) is 0 Å². The first-order valence-corrected chi connectivity index (χ1v) is 29.1. The van der Waals surface area contributed by atoms with E-state index < -0.39 is 0 Å². The van der Waals surface area contributed by atoms with Gasteiger partial charge in [-0.05, 0) is 77.9 Å². The summed E-state index contributed by atoms with van der Waals surface area (Å²) in [5.74, 6) is 0. The smallest absolute Gasteiger partial charge is 0.104 e. The summed E-state index contributed by atoms with van der Waals surface area (Å²) < 4.78 is 14.1. The fourth-order valence-electron chi connectivity index (χ4n) is 14.0. The lowest BCUT2D eigenvalue weighted by Gasteiger charge is -2.27. The maximum absolute atomic E-state index is 12.7. The van der Waals surface area contributed by atoms with Crippen LogP contribution in [-0.2, 0) is 0 Å². The molecule has 0 amide bonds. The van der Waals surface area contributed by atoms with Crippen LogP contribution in [0.1, 0.15) is 11.1 Å². The fourth-order valence-corrected chi connectivity index (χ4v) is 16.3. The minimum Gasteiger partial charge on any atom is -0.306 e. The number of fused-ring (bicyclic) bond motifs is 19. The van der Waals surface area contributed by atoms with E-state index in [0.29, 0.717) is 28.2 Å². The van der Waals surface area contributed by atoms with E-state index in [1.54, 1.807) is 11.3 Å². The standard InChI is InChI=1S/C74H40N6S2/c75-41-56-69(77-58-27-9-1-18-45(58)46-19-2-10-28-59(46)77)57(42-76)71(79-62-31-13-5-22-49(62)50-23-6-14-32-63(50)79)73(70(56)78-60-29-11-3-20-47(60)48-21-4-12-30-61(48)78)80-64-39-36-43(44-26-17-35-67-68(44)54-25-8-16-34-66(54)81-67)40-55(64)52-37-38-53-51-24-7-15-33-65(51)82-74(53)72(52)80/h1-40H. The molecule has 82 heavy (non-hydrogen) atoms. The summed E-state index contributed by atoms with van der Waals surface area (Å²) in [5.41, 5.74) is 13.1. The summed E-state index contributed by atoms with van der Waals surface area (Å²) in [5, 5.41) is 38.6. The quantitative estimate of drug-likeness (QED) is 0.172. The van der Waals surface area contributed by atoms with Gasteiger partial charge in [-0.2, -0.15) is 10.5 Å². The number of nitrogens with zero attached hydrogens (tertiary/aromatic N) is 6. The van der Waals surface area contributed by atoms with Crippen molar-refractivity contribution in [2.24, 2.45) is 0 Å². The van der Waals surface area contributed by atoms with Crippen LogP contribution in [0.3, 0.4) is 0 Å². The topological polar surface area (TPSA) is 67.3 Å². The molecule has 0 spiro atoms. The summed E-state index contributed by atoms with van der Waals surface area (Å²) in [6, 6.07) is 92.5. The third kappa shape index (κ3) is 5.93. The maximum atomic E-state index is 12.7. The lowest BCUT2D eigenvalue weighted by molar-refractivity contribution is 1.02. The molecule has 0 saturated heterocycles. The zero-order chi connectivity index (χ0) is 53.9. The van der Waals surface area contributed by atoms with Gasteiger partial charge in [0.2, 0.25) is 0 Å². The second kappa shape index (κ2) is 16.9. The molecule has 12 aromatic carbocycles. The Labute approximate surface area is 475 Å². The van der Waals surface area contributed by atoms with Gasteiger partial charge in [-0.1, -0.05) is 176 Å². The first-order chi connectivity index (χ1) is 40.7. The molecule has 0 atom stereocenters. The highest BCUT2D eigenvalue weighted by Gasteiger charge is 2.35. The van der Waals surface area contributed by atoms with Crippen molar-refractivity contribution >= 4 is 150 Å². The fraction of sp³-hybridized carbons (Fsp3) is 0. The van der Waals surface area contributed by atoms with Gasteiger partial charge in [0, 0.05) is 78.7 Å². The molecule has 6 aromatic heterocycles. The summed E-state index contributed by atoms with van der Waals surface area (Å²) in [7, 11) is 0. The lowest BCUT2D eigenvalue weighted by atomic mass is 9.97. The molecule has 8 heteroatoms. The predicted octanol–water partition coefficient (Wildman–Crippen LogP) is 20.2. The number of benzene rings is 12. The van der Waals surface area contributed by atoms with E-state index in [-0.39, 0.29) is 0 Å². The van der Waals surface area contributed by atoms with Gasteiger partial charge < -0.3 is 18.3 Å². The van der Waals surface area contributed by atoms with Crippen LogP contribution in [0.4, 0.5) is 0 Å². The Morgan fingerprint density at radius 1 is 0.280 bits per heavy atom. The van der Waals surface area contributed by atoms with E-state index in [1.165, 1.54) is 35.8 Å². The van der Waals surface area contributed by atoms with Crippen LogP contribution in [0.2, 0.25) is 0 Å². The summed E-state index contributed by atoms with van der Waals surface area (Å²) in [4.78, 5) is 0. The molecule has 6 heterocycles. The zero-order valence-corrected chi connectivity index (χ0v) is 45.2. The van der Waals surface area contributed by atoms with E-state index in [1.807, 2.05) is 11.3 Å². The minimum absolute atomic E-state index is 0.375. The lowest BCUT2D eigenvalue weighted by Crippen LogP contribution is -2.17. The Bertz CT molecular complexity index is 5630. The number of aromatic nitrogens is 4. The van der Waals surface area contributed by atoms with Crippen molar-refractivity contribution in [1.29, 1.82) is 10.5 Å². The Morgan fingerprint density at radius 2 is 0.683 bits per heavy atom. The number of hydrogen-bond acceptors (Lipinski definition) is 4. The molecule has 0 aliphatic carbocycles. The molecular weight excluding hydrogens is 1040 g/mol. The SMILES string of the molecule is N#Cc1c(-n2c3ccccc3c3ccccc32)c(C#N)c(-n2c3ccccc3c3ccccc32)c(-n2c3ccc(-c4cccc5sc6ccccc6c45)cc3c3ccc4c5ccccc5sc4c32)c1-n1c2ccccc2c2ccccc21. The van der Waals surface area contributed by atoms with Gasteiger partial charge >= 0.3 is 0 Å². The van der Waals surface area contributed by atoms with E-state index in [0.717, 1.165) is 109 Å². The van der Waals surface area contributed by atoms with Crippen molar-refractivity contribution in [3.8, 4) is 46.0 Å². The number of nitriles is 2. The van der Waals surface area contributed by atoms with Crippen LogP contribution in [0, 0.1) is 22.7 Å². The van der Waals surface area contributed by atoms with Crippen LogP contribution in [0.15, 0.2) is 243 Å². The Hall–Kier alpha value is -10.7. The first-order valence-electron chi connectivity index (χ1n) is 27.5. The average Bonchev–Trinajstić information content (AvgIpc) is 1.78. The second-order valence-electron chi connectivity index (χ2n) is 21.3. The number of para-hydroxylation sites is 6. The van der Waals surface area contributed by atoms with E-state index in [2.05, 4.69) is 273 Å². The van der Waals surface area contributed by atoms with E-state index >= 15 is 0 Å². The molecule has 0 unspecified atom stereocenters. The van der Waals surface area contributed by atoms with Crippen LogP contribution in [0.5, 0.6) is 0 Å². The Balaban J connectivity index is 1.13. The number of thiophene rings is 2. The van der Waals surface area contributed by atoms with Crippen molar-refractivity contribution in [2.45, 2.75) is 0 Å². The molecule has 6 nitrogen and oxygen atoms in total. The largest absolute Gasteiger partial charge is 0.306 e. The minimum atomic E-state index is 0.375. The van der Waals surface area contributed by atoms with Crippen molar-refractivity contribution in [3.05, 3.63) is 254 Å². The monoisotopic (exact) mass is 1080 g/mol. The van der Waals surface area contributed by atoms with Crippen LogP contribution in [-0.4, -0.2) is 18.3 Å². The molecule has 0 aliphatic heterocycles. The molecule has 378 valence electrons. The molecule has 18 rings (SSSR count). The van der Waals surface area contributed by atoms with Gasteiger partial charge in [0.1, 0.15) is 23.3 Å². The van der Waals surface area contributed by atoms with Crippen LogP contribution in [0.25, 0.3) is 161 Å². The molecule has 0 N–H and O–H groups in total. The maximum Gasteiger partial charge on any atom is 0.104 e. The van der Waals surface area contributed by atoms with Crippen molar-refractivity contribution in [3.63, 3.8) is 0 Å². The van der Waals surface area contributed by atoms with Crippen molar-refractivity contribution in [1.82, 2.24) is 18.3 Å². The van der Waals surface area contributed by atoms with Gasteiger partial charge in [-0.3, -0.25) is 0 Å². The molecule has 18 aromatic rings. The molecule has 0 aliphatic rings. The summed E-state index contributed by atoms with van der Waals surface area (Å²) in [6.07, 6.45) is 0. The highest BCUT2D eigenvalue weighted by Crippen LogP contribution is 2.52. The number of rotatable bonds is 5. The van der Waals surface area contributed by atoms with Gasteiger partial charge in [-0.25, -0.2) is 0 Å². The highest BCUT2D eigenvalue weighted by atomic mass is 32.1. The average molecular weight is 1080 g/mol. The Morgan fingerprint density at radius 3 is 1.18 bits per heavy atom. The predicted molar refractivity (Wildman–Crippen MR) is 344 cm³/mol. The molecule has 0 saturated carbocycles. The third-order valence-electron chi connectivity index (χ3n) is 17.2. The van der Waals surface area contributed by atoms with Crippen molar-refractivity contribution < 1.29 is 0 Å². The van der Waals surface area contributed by atoms with E-state index in [4.69, 9.17) is 0 Å². The highest BCUT2D eigenvalue weighted by molar-refractivity contribution is 7.26. The molecular formula is C74H40N6S2. The number of hydrogen-bond donors (Lipinski definition) is 0. The zero-order valence-electron chi connectivity index (χ0n) is 43.6. The van der Waals surface area contributed by atoms with Gasteiger partial charge in [-0.15, -0.1) is 22.7 Å². The second-order valence-corrected chi connectivity index (χ2v) is 23.4. The Kier molecular flexibility index (Phi) is 9.30.